The van der Waals surface area contributed by atoms with Crippen molar-refractivity contribution in [2.45, 2.75) is 26.8 Å². The number of aryl methyl sites for hydroxylation is 1. The van der Waals surface area contributed by atoms with Crippen LogP contribution in [0.3, 0.4) is 0 Å². The Labute approximate surface area is 118 Å². The monoisotopic (exact) mass is 273 g/mol. The van der Waals surface area contributed by atoms with Crippen LogP contribution in [0.15, 0.2) is 30.3 Å². The smallest absolute Gasteiger partial charge is 0.276 e. The largest absolute Gasteiger partial charge is 0.495 e. The molecule has 0 spiro atoms. The highest BCUT2D eigenvalue weighted by Crippen LogP contribution is 2.23. The quantitative estimate of drug-likeness (QED) is 0.931. The van der Waals surface area contributed by atoms with E-state index in [1.54, 1.807) is 25.3 Å². The van der Waals surface area contributed by atoms with Crippen molar-refractivity contribution in [3.8, 4) is 5.75 Å². The molecule has 0 bridgehead atoms. The number of aromatic nitrogens is 2. The maximum absolute atomic E-state index is 12.2. The molecule has 1 N–H and O–H groups in total. The first kappa shape index (κ1) is 14.1. The summed E-state index contributed by atoms with van der Waals surface area (Å²) in [5.74, 6) is 0.387. The van der Waals surface area contributed by atoms with Gasteiger partial charge in [-0.2, -0.15) is 5.10 Å². The number of hydrogen-bond acceptors (Lipinski definition) is 3. The minimum absolute atomic E-state index is 0.225. The van der Waals surface area contributed by atoms with E-state index in [1.165, 1.54) is 0 Å². The number of nitrogens with one attached hydrogen (secondary N) is 1. The molecule has 1 amide bonds. The van der Waals surface area contributed by atoms with Gasteiger partial charge in [0.05, 0.1) is 12.8 Å². The predicted octanol–water partition coefficient (Wildman–Crippen LogP) is 3.03. The minimum atomic E-state index is -0.239. The molecule has 0 aliphatic heterocycles. The molecule has 1 heterocycles. The number of nitrogens with zero attached hydrogens (tertiary/aromatic N) is 2. The Balaban J connectivity index is 2.22. The molecule has 2 rings (SSSR count). The van der Waals surface area contributed by atoms with Crippen LogP contribution in [0.2, 0.25) is 0 Å². The Hall–Kier alpha value is -2.30. The lowest BCUT2D eigenvalue weighted by atomic mass is 10.2. The number of carbonyl (C=O) groups excluding carboxylic acids is 1. The summed E-state index contributed by atoms with van der Waals surface area (Å²) in [5, 5.41) is 7.14. The fourth-order valence-corrected chi connectivity index (χ4v) is 2.06. The third kappa shape index (κ3) is 2.82. The van der Waals surface area contributed by atoms with Crippen LogP contribution >= 0.6 is 0 Å². The molecule has 2 aromatic rings. The minimum Gasteiger partial charge on any atom is -0.495 e. The van der Waals surface area contributed by atoms with Crippen molar-refractivity contribution in [3.05, 3.63) is 41.7 Å². The van der Waals surface area contributed by atoms with E-state index in [4.69, 9.17) is 4.74 Å². The number of carbonyl (C=O) groups is 1. The molecule has 20 heavy (non-hydrogen) atoms. The Morgan fingerprint density at radius 3 is 2.65 bits per heavy atom. The molecule has 106 valence electrons. The standard InChI is InChI=1S/C15H19N3O2/c1-10(2)18-11(3)9-13(17-18)15(19)16-12-7-5-6-8-14(12)20-4/h5-10H,1-4H3,(H,16,19). The summed E-state index contributed by atoms with van der Waals surface area (Å²) < 4.78 is 7.04. The Kier molecular flexibility index (Phi) is 4.08. The SMILES string of the molecule is COc1ccccc1NC(=O)c1cc(C)n(C(C)C)n1. The van der Waals surface area contributed by atoms with Crippen molar-refractivity contribution in [1.82, 2.24) is 9.78 Å². The number of ether oxygens (including phenoxy) is 1. The molecule has 0 atom stereocenters. The summed E-state index contributed by atoms with van der Waals surface area (Å²) in [7, 11) is 1.57. The molecular weight excluding hydrogens is 254 g/mol. The number of hydrogen-bond donors (Lipinski definition) is 1. The van der Waals surface area contributed by atoms with Crippen LogP contribution in [0, 0.1) is 6.92 Å². The highest BCUT2D eigenvalue weighted by atomic mass is 16.5. The van der Waals surface area contributed by atoms with E-state index in [2.05, 4.69) is 10.4 Å². The molecule has 5 nitrogen and oxygen atoms in total. The third-order valence-corrected chi connectivity index (χ3v) is 3.00. The molecule has 0 saturated heterocycles. The fourth-order valence-electron chi connectivity index (χ4n) is 2.06. The van der Waals surface area contributed by atoms with Crippen LogP contribution in [-0.2, 0) is 0 Å². The second-order valence-corrected chi connectivity index (χ2v) is 4.86. The summed E-state index contributed by atoms with van der Waals surface area (Å²) in [4.78, 5) is 12.2. The highest BCUT2D eigenvalue weighted by molar-refractivity contribution is 6.03. The summed E-state index contributed by atoms with van der Waals surface area (Å²) in [5.41, 5.74) is 2.00. The second-order valence-electron chi connectivity index (χ2n) is 4.86. The zero-order valence-electron chi connectivity index (χ0n) is 12.2. The lowest BCUT2D eigenvalue weighted by molar-refractivity contribution is 0.102. The summed E-state index contributed by atoms with van der Waals surface area (Å²) in [6.07, 6.45) is 0. The molecular formula is C15H19N3O2. The molecule has 5 heteroatoms. The zero-order valence-corrected chi connectivity index (χ0v) is 12.2. The van der Waals surface area contributed by atoms with E-state index in [9.17, 15) is 4.79 Å². The maximum Gasteiger partial charge on any atom is 0.276 e. The van der Waals surface area contributed by atoms with Gasteiger partial charge in [-0.1, -0.05) is 12.1 Å². The normalized spacial score (nSPS) is 10.7. The number of rotatable bonds is 4. The Morgan fingerprint density at radius 2 is 2.05 bits per heavy atom. The maximum atomic E-state index is 12.2. The predicted molar refractivity (Wildman–Crippen MR) is 78.3 cm³/mol. The number of methoxy groups -OCH3 is 1. The van der Waals surface area contributed by atoms with Crippen molar-refractivity contribution < 1.29 is 9.53 Å². The van der Waals surface area contributed by atoms with Crippen LogP contribution in [0.25, 0.3) is 0 Å². The molecule has 0 saturated carbocycles. The van der Waals surface area contributed by atoms with Gasteiger partial charge in [-0.25, -0.2) is 0 Å². The molecule has 0 aliphatic rings. The van der Waals surface area contributed by atoms with Gasteiger partial charge in [0, 0.05) is 11.7 Å². The first-order valence-electron chi connectivity index (χ1n) is 6.53. The van der Waals surface area contributed by atoms with Gasteiger partial charge in [0.15, 0.2) is 5.69 Å². The third-order valence-electron chi connectivity index (χ3n) is 3.00. The average Bonchev–Trinajstić information content (AvgIpc) is 2.81. The van der Waals surface area contributed by atoms with Crippen molar-refractivity contribution in [1.29, 1.82) is 0 Å². The van der Waals surface area contributed by atoms with Crippen molar-refractivity contribution in [3.63, 3.8) is 0 Å². The molecule has 0 radical (unpaired) electrons. The molecule has 1 aromatic heterocycles. The molecule has 0 unspecified atom stereocenters. The van der Waals surface area contributed by atoms with Gasteiger partial charge in [-0.05, 0) is 39.0 Å². The Morgan fingerprint density at radius 1 is 1.35 bits per heavy atom. The summed E-state index contributed by atoms with van der Waals surface area (Å²) >= 11 is 0. The van der Waals surface area contributed by atoms with Crippen molar-refractivity contribution >= 4 is 11.6 Å². The van der Waals surface area contributed by atoms with Gasteiger partial charge >= 0.3 is 0 Å². The topological polar surface area (TPSA) is 56.1 Å². The van der Waals surface area contributed by atoms with Gasteiger partial charge in [0.2, 0.25) is 0 Å². The lowest BCUT2D eigenvalue weighted by Gasteiger charge is -2.09. The number of amides is 1. The van der Waals surface area contributed by atoms with Gasteiger partial charge in [-0.15, -0.1) is 0 Å². The van der Waals surface area contributed by atoms with E-state index in [1.807, 2.05) is 37.6 Å². The van der Waals surface area contributed by atoms with Crippen LogP contribution in [-0.4, -0.2) is 22.8 Å². The zero-order chi connectivity index (χ0) is 14.7. The van der Waals surface area contributed by atoms with Gasteiger partial charge in [0.25, 0.3) is 5.91 Å². The van der Waals surface area contributed by atoms with E-state index < -0.39 is 0 Å². The van der Waals surface area contributed by atoms with E-state index in [-0.39, 0.29) is 11.9 Å². The first-order valence-corrected chi connectivity index (χ1v) is 6.53. The van der Waals surface area contributed by atoms with Gasteiger partial charge < -0.3 is 10.1 Å². The van der Waals surface area contributed by atoms with Crippen LogP contribution in [0.1, 0.15) is 36.1 Å². The molecule has 0 aliphatic carbocycles. The fraction of sp³-hybridized carbons (Fsp3) is 0.333. The number of anilines is 1. The summed E-state index contributed by atoms with van der Waals surface area (Å²) in [6, 6.07) is 9.30. The first-order chi connectivity index (χ1) is 9.52. The van der Waals surface area contributed by atoms with Crippen molar-refractivity contribution in [2.24, 2.45) is 0 Å². The Bertz CT molecular complexity index is 617. The van der Waals surface area contributed by atoms with Gasteiger partial charge in [0.1, 0.15) is 5.75 Å². The van der Waals surface area contributed by atoms with Gasteiger partial charge in [-0.3, -0.25) is 9.48 Å². The van der Waals surface area contributed by atoms with E-state index in [0.717, 1.165) is 5.69 Å². The highest BCUT2D eigenvalue weighted by Gasteiger charge is 2.15. The molecule has 0 fully saturated rings. The number of para-hydroxylation sites is 2. The van der Waals surface area contributed by atoms with E-state index in [0.29, 0.717) is 17.1 Å². The lowest BCUT2D eigenvalue weighted by Crippen LogP contribution is -2.14. The van der Waals surface area contributed by atoms with Crippen molar-refractivity contribution in [2.75, 3.05) is 12.4 Å². The second kappa shape index (κ2) is 5.77. The van der Waals surface area contributed by atoms with Crippen LogP contribution < -0.4 is 10.1 Å². The average molecular weight is 273 g/mol. The molecule has 1 aromatic carbocycles. The summed E-state index contributed by atoms with van der Waals surface area (Å²) in [6.45, 7) is 6.00. The number of benzene rings is 1. The van der Waals surface area contributed by atoms with Crippen LogP contribution in [0.5, 0.6) is 5.75 Å². The van der Waals surface area contributed by atoms with Crippen LogP contribution in [0.4, 0.5) is 5.69 Å². The van der Waals surface area contributed by atoms with E-state index >= 15 is 0 Å².